The molecule has 0 atom stereocenters. The van der Waals surface area contributed by atoms with E-state index in [1.807, 2.05) is 17.8 Å². The molecule has 2 aliphatic rings. The third kappa shape index (κ3) is 5.10. The van der Waals surface area contributed by atoms with E-state index in [0.717, 1.165) is 22.0 Å². The van der Waals surface area contributed by atoms with Gasteiger partial charge in [-0.15, -0.1) is 11.3 Å². The normalized spacial score (nSPS) is 19.1. The lowest BCUT2D eigenvalue weighted by atomic mass is 9.88. The summed E-state index contributed by atoms with van der Waals surface area (Å²) in [6, 6.07) is 9.35. The minimum absolute atomic E-state index is 0.420. The molecule has 28 heavy (non-hydrogen) atoms. The van der Waals surface area contributed by atoms with E-state index < -0.39 is 0 Å². The number of benzene rings is 1. The fraction of sp³-hybridized carbons (Fsp3) is 0.652. The zero-order valence-corrected chi connectivity index (χ0v) is 18.4. The van der Waals surface area contributed by atoms with Crippen molar-refractivity contribution in [2.24, 2.45) is 0 Å². The van der Waals surface area contributed by atoms with Gasteiger partial charge < -0.3 is 4.90 Å². The number of amides is 1. The van der Waals surface area contributed by atoms with E-state index in [-0.39, 0.29) is 0 Å². The zero-order valence-electron chi connectivity index (χ0n) is 16.8. The molecule has 2 saturated carbocycles. The second kappa shape index (κ2) is 10.1. The summed E-state index contributed by atoms with van der Waals surface area (Å²) in [5, 5.41) is 0. The van der Waals surface area contributed by atoms with Crippen LogP contribution < -0.4 is 0 Å². The Hall–Kier alpha value is -1.07. The van der Waals surface area contributed by atoms with Crippen molar-refractivity contribution in [1.82, 2.24) is 9.88 Å². The van der Waals surface area contributed by atoms with Crippen LogP contribution in [0.1, 0.15) is 77.0 Å². The molecule has 2 aliphatic carbocycles. The number of carbonyl (C=O) groups excluding carboxylic acids is 1. The van der Waals surface area contributed by atoms with Crippen LogP contribution in [-0.4, -0.2) is 33.6 Å². The standard InChI is InChI=1S/C23H32N2OS2/c26-22(16-9-17-27-23-24-20-14-7-8-15-21(20)28-23)25(18-10-3-1-4-11-18)19-12-5-2-6-13-19/h7-8,14-15,18-19H,1-6,9-13,16-17H2. The second-order valence-electron chi connectivity index (χ2n) is 8.28. The largest absolute Gasteiger partial charge is 0.337 e. The fourth-order valence-corrected chi connectivity index (χ4v) is 6.93. The maximum Gasteiger partial charge on any atom is 0.223 e. The van der Waals surface area contributed by atoms with Crippen LogP contribution in [0.4, 0.5) is 0 Å². The number of hydrogen-bond acceptors (Lipinski definition) is 4. The molecular weight excluding hydrogens is 384 g/mol. The number of thiazole rings is 1. The van der Waals surface area contributed by atoms with Crippen LogP contribution in [0, 0.1) is 0 Å². The van der Waals surface area contributed by atoms with Crippen molar-refractivity contribution in [2.45, 2.75) is 93.5 Å². The molecule has 0 unspecified atom stereocenters. The van der Waals surface area contributed by atoms with Crippen molar-refractivity contribution in [1.29, 1.82) is 0 Å². The van der Waals surface area contributed by atoms with Gasteiger partial charge in [-0.05, 0) is 44.2 Å². The van der Waals surface area contributed by atoms with Gasteiger partial charge >= 0.3 is 0 Å². The van der Waals surface area contributed by atoms with Gasteiger partial charge in [0.15, 0.2) is 4.34 Å². The predicted octanol–water partition coefficient (Wildman–Crippen LogP) is 6.66. The maximum absolute atomic E-state index is 13.2. The molecule has 0 saturated heterocycles. The smallest absolute Gasteiger partial charge is 0.223 e. The first-order valence-corrected chi connectivity index (χ1v) is 12.9. The Bertz CT molecular complexity index is 712. The van der Waals surface area contributed by atoms with E-state index in [2.05, 4.69) is 23.1 Å². The molecule has 0 spiro atoms. The van der Waals surface area contributed by atoms with Crippen LogP contribution in [0.2, 0.25) is 0 Å². The van der Waals surface area contributed by atoms with Crippen LogP contribution in [0.15, 0.2) is 28.6 Å². The fourth-order valence-electron chi connectivity index (χ4n) is 4.85. The lowest BCUT2D eigenvalue weighted by Gasteiger charge is -2.42. The lowest BCUT2D eigenvalue weighted by molar-refractivity contribution is -0.138. The third-order valence-electron chi connectivity index (χ3n) is 6.26. The Morgan fingerprint density at radius 2 is 1.64 bits per heavy atom. The number of thioether (sulfide) groups is 1. The molecule has 1 aromatic heterocycles. The quantitative estimate of drug-likeness (QED) is 0.373. The first-order chi connectivity index (χ1) is 13.8. The molecule has 0 N–H and O–H groups in total. The molecular formula is C23H32N2OS2. The third-order valence-corrected chi connectivity index (χ3v) is 8.52. The molecule has 2 aromatic rings. The van der Waals surface area contributed by atoms with Gasteiger partial charge in [-0.1, -0.05) is 62.4 Å². The highest BCUT2D eigenvalue weighted by molar-refractivity contribution is 8.01. The van der Waals surface area contributed by atoms with Gasteiger partial charge in [0.25, 0.3) is 0 Å². The van der Waals surface area contributed by atoms with Gasteiger partial charge in [0.2, 0.25) is 5.91 Å². The van der Waals surface area contributed by atoms with Crippen LogP contribution in [-0.2, 0) is 4.79 Å². The number of carbonyl (C=O) groups is 1. The molecule has 1 heterocycles. The molecule has 0 aliphatic heterocycles. The van der Waals surface area contributed by atoms with Gasteiger partial charge in [0.05, 0.1) is 10.2 Å². The highest BCUT2D eigenvalue weighted by Gasteiger charge is 2.31. The minimum Gasteiger partial charge on any atom is -0.337 e. The SMILES string of the molecule is O=C(CCCSc1nc2ccccc2s1)N(C1CCCCC1)C1CCCCC1. The highest BCUT2D eigenvalue weighted by Crippen LogP contribution is 2.32. The Labute approximate surface area is 177 Å². The molecule has 5 heteroatoms. The summed E-state index contributed by atoms with van der Waals surface area (Å²) in [6.45, 7) is 0. The summed E-state index contributed by atoms with van der Waals surface area (Å²) in [5.74, 6) is 1.40. The van der Waals surface area contributed by atoms with Gasteiger partial charge in [-0.2, -0.15) is 0 Å². The van der Waals surface area contributed by atoms with E-state index in [1.165, 1.54) is 68.9 Å². The molecule has 3 nitrogen and oxygen atoms in total. The van der Waals surface area contributed by atoms with Crippen molar-refractivity contribution in [2.75, 3.05) is 5.75 Å². The monoisotopic (exact) mass is 416 g/mol. The average Bonchev–Trinajstić information content (AvgIpc) is 3.16. The molecule has 0 bridgehead atoms. The number of hydrogen-bond donors (Lipinski definition) is 0. The van der Waals surface area contributed by atoms with Crippen LogP contribution in [0.5, 0.6) is 0 Å². The number of aromatic nitrogens is 1. The van der Waals surface area contributed by atoms with E-state index >= 15 is 0 Å². The predicted molar refractivity (Wildman–Crippen MR) is 120 cm³/mol. The molecule has 0 radical (unpaired) electrons. The van der Waals surface area contributed by atoms with Gasteiger partial charge in [-0.3, -0.25) is 4.79 Å². The Balaban J connectivity index is 1.30. The van der Waals surface area contributed by atoms with Crippen LogP contribution >= 0.6 is 23.1 Å². The number of rotatable bonds is 7. The summed E-state index contributed by atoms with van der Waals surface area (Å²) in [6.07, 6.45) is 14.5. The number of nitrogens with zero attached hydrogens (tertiary/aromatic N) is 2. The van der Waals surface area contributed by atoms with Crippen molar-refractivity contribution in [3.63, 3.8) is 0 Å². The highest BCUT2D eigenvalue weighted by atomic mass is 32.2. The average molecular weight is 417 g/mol. The Morgan fingerprint density at radius 3 is 2.29 bits per heavy atom. The van der Waals surface area contributed by atoms with Gasteiger partial charge in [0.1, 0.15) is 0 Å². The van der Waals surface area contributed by atoms with Crippen molar-refractivity contribution < 1.29 is 4.79 Å². The molecule has 4 rings (SSSR count). The molecule has 2 fully saturated rings. The maximum atomic E-state index is 13.2. The summed E-state index contributed by atoms with van der Waals surface area (Å²) >= 11 is 3.57. The summed E-state index contributed by atoms with van der Waals surface area (Å²) < 4.78 is 2.38. The number of fused-ring (bicyclic) bond motifs is 1. The van der Waals surface area contributed by atoms with E-state index in [4.69, 9.17) is 4.98 Å². The first kappa shape index (κ1) is 20.2. The van der Waals surface area contributed by atoms with E-state index in [0.29, 0.717) is 24.4 Å². The Morgan fingerprint density at radius 1 is 1.00 bits per heavy atom. The second-order valence-corrected chi connectivity index (χ2v) is 10.7. The van der Waals surface area contributed by atoms with Crippen molar-refractivity contribution >= 4 is 39.2 Å². The van der Waals surface area contributed by atoms with Crippen LogP contribution in [0.3, 0.4) is 0 Å². The first-order valence-electron chi connectivity index (χ1n) is 11.1. The van der Waals surface area contributed by atoms with Gasteiger partial charge in [-0.25, -0.2) is 4.98 Å². The summed E-state index contributed by atoms with van der Waals surface area (Å²) in [7, 11) is 0. The van der Waals surface area contributed by atoms with Gasteiger partial charge in [0, 0.05) is 24.3 Å². The molecule has 152 valence electrons. The Kier molecular flexibility index (Phi) is 7.30. The number of para-hydroxylation sites is 1. The van der Waals surface area contributed by atoms with Crippen molar-refractivity contribution in [3.05, 3.63) is 24.3 Å². The van der Waals surface area contributed by atoms with E-state index in [9.17, 15) is 4.79 Å². The molecule has 1 amide bonds. The van der Waals surface area contributed by atoms with E-state index in [1.54, 1.807) is 11.3 Å². The topological polar surface area (TPSA) is 33.2 Å². The molecule has 1 aromatic carbocycles. The summed E-state index contributed by atoms with van der Waals surface area (Å²) in [4.78, 5) is 20.3. The van der Waals surface area contributed by atoms with Crippen LogP contribution in [0.25, 0.3) is 10.2 Å². The zero-order chi connectivity index (χ0) is 19.2. The summed E-state index contributed by atoms with van der Waals surface area (Å²) in [5.41, 5.74) is 1.09. The van der Waals surface area contributed by atoms with Crippen molar-refractivity contribution in [3.8, 4) is 0 Å². The lowest BCUT2D eigenvalue weighted by Crippen LogP contribution is -2.48. The minimum atomic E-state index is 0.420.